The molecule has 1 aliphatic heterocycles. The molecule has 5 nitrogen and oxygen atoms in total. The highest BCUT2D eigenvalue weighted by atomic mass is 19.1. The molecule has 0 atom stereocenters. The summed E-state index contributed by atoms with van der Waals surface area (Å²) in [5.41, 5.74) is 4.93. The third kappa shape index (κ3) is 5.58. The summed E-state index contributed by atoms with van der Waals surface area (Å²) in [6.07, 6.45) is 4.38. The summed E-state index contributed by atoms with van der Waals surface area (Å²) in [6.45, 7) is 6.07. The maximum atomic E-state index is 13.9. The van der Waals surface area contributed by atoms with Crippen LogP contribution in [-0.2, 0) is 16.0 Å². The van der Waals surface area contributed by atoms with Gasteiger partial charge >= 0.3 is 0 Å². The highest BCUT2D eigenvalue weighted by Crippen LogP contribution is 2.27. The van der Waals surface area contributed by atoms with Crippen LogP contribution in [0.4, 0.5) is 4.39 Å². The van der Waals surface area contributed by atoms with Gasteiger partial charge < -0.3 is 9.47 Å². The molecule has 2 aromatic carbocycles. The zero-order valence-electron chi connectivity index (χ0n) is 18.3. The van der Waals surface area contributed by atoms with Crippen molar-refractivity contribution in [3.63, 3.8) is 0 Å². The minimum absolute atomic E-state index is 0.248. The lowest BCUT2D eigenvalue weighted by atomic mass is 10.0. The molecule has 6 heteroatoms. The average Bonchev–Trinajstić information content (AvgIpc) is 3.19. The largest absolute Gasteiger partial charge is 0.382 e. The molecule has 0 amide bonds. The molecule has 0 unspecified atom stereocenters. The number of nitrogens with zero attached hydrogens (tertiary/aromatic N) is 3. The van der Waals surface area contributed by atoms with Crippen LogP contribution in [0.25, 0.3) is 16.9 Å². The monoisotopic (exact) mass is 423 g/mol. The van der Waals surface area contributed by atoms with E-state index in [1.54, 1.807) is 19.2 Å². The Morgan fingerprint density at radius 3 is 2.61 bits per heavy atom. The van der Waals surface area contributed by atoms with Gasteiger partial charge in [0.05, 0.1) is 30.7 Å². The van der Waals surface area contributed by atoms with E-state index in [4.69, 9.17) is 14.6 Å². The normalized spacial score (nSPS) is 15.5. The summed E-state index contributed by atoms with van der Waals surface area (Å²) in [4.78, 5) is 2.43. The van der Waals surface area contributed by atoms with Gasteiger partial charge in [-0.1, -0.05) is 24.3 Å². The Balaban J connectivity index is 1.53. The molecular weight excluding hydrogens is 393 g/mol. The number of hydrogen-bond donors (Lipinski definition) is 0. The lowest BCUT2D eigenvalue weighted by molar-refractivity contribution is -0.0157. The van der Waals surface area contributed by atoms with E-state index < -0.39 is 0 Å². The predicted octanol–water partition coefficient (Wildman–Crippen LogP) is 4.61. The summed E-state index contributed by atoms with van der Waals surface area (Å²) in [5, 5.41) is 4.85. The van der Waals surface area contributed by atoms with Gasteiger partial charge in [-0.05, 0) is 49.6 Å². The highest BCUT2D eigenvalue weighted by molar-refractivity contribution is 5.63. The van der Waals surface area contributed by atoms with Crippen molar-refractivity contribution in [1.29, 1.82) is 0 Å². The van der Waals surface area contributed by atoms with Crippen LogP contribution in [0.2, 0.25) is 0 Å². The zero-order valence-corrected chi connectivity index (χ0v) is 18.3. The van der Waals surface area contributed by atoms with Gasteiger partial charge in [0.1, 0.15) is 5.82 Å². The average molecular weight is 424 g/mol. The second-order valence-electron chi connectivity index (χ2n) is 8.14. The second kappa shape index (κ2) is 10.2. The van der Waals surface area contributed by atoms with E-state index in [1.807, 2.05) is 22.9 Å². The van der Waals surface area contributed by atoms with E-state index in [0.717, 1.165) is 55.0 Å². The molecule has 0 saturated carbocycles. The summed E-state index contributed by atoms with van der Waals surface area (Å²) < 4.78 is 26.8. The van der Waals surface area contributed by atoms with E-state index in [9.17, 15) is 4.39 Å². The number of rotatable bonds is 8. The Kier molecular flexibility index (Phi) is 7.12. The summed E-state index contributed by atoms with van der Waals surface area (Å²) in [7, 11) is 1.69. The molecule has 0 spiro atoms. The first-order valence-corrected chi connectivity index (χ1v) is 10.9. The molecule has 2 heterocycles. The minimum Gasteiger partial charge on any atom is -0.382 e. The second-order valence-corrected chi connectivity index (χ2v) is 8.14. The highest BCUT2D eigenvalue weighted by Gasteiger charge is 2.22. The number of piperidine rings is 1. The molecule has 0 aliphatic carbocycles. The lowest BCUT2D eigenvalue weighted by Gasteiger charge is -2.31. The van der Waals surface area contributed by atoms with Crippen molar-refractivity contribution in [1.82, 2.24) is 14.7 Å². The number of likely N-dealkylation sites (tertiary alicyclic amines) is 1. The Morgan fingerprint density at radius 2 is 1.87 bits per heavy atom. The van der Waals surface area contributed by atoms with Crippen LogP contribution in [0.15, 0.2) is 54.7 Å². The quantitative estimate of drug-likeness (QED) is 0.496. The van der Waals surface area contributed by atoms with Crippen molar-refractivity contribution in [3.05, 3.63) is 71.7 Å². The van der Waals surface area contributed by atoms with Gasteiger partial charge in [0.2, 0.25) is 0 Å². The number of halogens is 1. The number of benzene rings is 2. The van der Waals surface area contributed by atoms with Crippen molar-refractivity contribution in [2.45, 2.75) is 32.4 Å². The molecule has 0 radical (unpaired) electrons. The third-order valence-electron chi connectivity index (χ3n) is 5.72. The van der Waals surface area contributed by atoms with E-state index >= 15 is 0 Å². The maximum Gasteiger partial charge on any atom is 0.123 e. The van der Waals surface area contributed by atoms with Crippen LogP contribution < -0.4 is 0 Å². The van der Waals surface area contributed by atoms with Gasteiger partial charge in [0, 0.05) is 44.1 Å². The molecule has 31 heavy (non-hydrogen) atoms. The molecule has 1 saturated heterocycles. The van der Waals surface area contributed by atoms with Crippen LogP contribution in [-0.4, -0.2) is 54.2 Å². The van der Waals surface area contributed by atoms with Gasteiger partial charge in [-0.2, -0.15) is 5.10 Å². The van der Waals surface area contributed by atoms with Crippen LogP contribution >= 0.6 is 0 Å². The molecule has 4 rings (SSSR count). The molecule has 0 N–H and O–H groups in total. The van der Waals surface area contributed by atoms with Crippen molar-refractivity contribution < 1.29 is 13.9 Å². The molecule has 1 aromatic heterocycles. The number of aryl methyl sites for hydroxylation is 1. The van der Waals surface area contributed by atoms with Crippen LogP contribution in [0.1, 0.15) is 24.0 Å². The number of hydrogen-bond acceptors (Lipinski definition) is 4. The molecule has 1 fully saturated rings. The van der Waals surface area contributed by atoms with E-state index in [1.165, 1.54) is 11.6 Å². The first-order valence-electron chi connectivity index (χ1n) is 10.9. The van der Waals surface area contributed by atoms with E-state index in [-0.39, 0.29) is 5.82 Å². The van der Waals surface area contributed by atoms with E-state index in [0.29, 0.717) is 19.3 Å². The zero-order chi connectivity index (χ0) is 21.6. The van der Waals surface area contributed by atoms with Crippen molar-refractivity contribution >= 4 is 0 Å². The van der Waals surface area contributed by atoms with Crippen molar-refractivity contribution in [2.24, 2.45) is 0 Å². The Morgan fingerprint density at radius 1 is 1.06 bits per heavy atom. The van der Waals surface area contributed by atoms with Gasteiger partial charge in [-0.3, -0.25) is 4.90 Å². The Labute approximate surface area is 183 Å². The topological polar surface area (TPSA) is 39.5 Å². The smallest absolute Gasteiger partial charge is 0.123 e. The Bertz CT molecular complexity index is 996. The summed E-state index contributed by atoms with van der Waals surface area (Å²) >= 11 is 0. The fourth-order valence-electron chi connectivity index (χ4n) is 4.08. The third-order valence-corrected chi connectivity index (χ3v) is 5.72. The van der Waals surface area contributed by atoms with Crippen LogP contribution in [0, 0.1) is 12.7 Å². The molecule has 0 bridgehead atoms. The first kappa shape index (κ1) is 21.7. The fourth-order valence-corrected chi connectivity index (χ4v) is 4.08. The molecule has 1 aliphatic rings. The van der Waals surface area contributed by atoms with Crippen molar-refractivity contribution in [2.75, 3.05) is 33.4 Å². The predicted molar refractivity (Wildman–Crippen MR) is 120 cm³/mol. The van der Waals surface area contributed by atoms with Gasteiger partial charge in [-0.15, -0.1) is 0 Å². The Hall–Kier alpha value is -2.54. The number of ether oxygens (including phenoxy) is 2. The maximum absolute atomic E-state index is 13.9. The SMILES string of the molecule is COCCOC1CCN(Cc2cn(-c3cccc(C)c3)nc2-c2cccc(F)c2)CC1. The van der Waals surface area contributed by atoms with Crippen LogP contribution in [0.5, 0.6) is 0 Å². The van der Waals surface area contributed by atoms with Gasteiger partial charge in [0.15, 0.2) is 0 Å². The van der Waals surface area contributed by atoms with Crippen molar-refractivity contribution in [3.8, 4) is 16.9 Å². The standard InChI is InChI=1S/C25H30FN3O2/c1-19-5-3-8-23(15-19)29-18-21(25(27-29)20-6-4-7-22(26)16-20)17-28-11-9-24(10-12-28)31-14-13-30-2/h3-8,15-16,18,24H,9-14,17H2,1-2H3. The van der Waals surface area contributed by atoms with Crippen LogP contribution in [0.3, 0.4) is 0 Å². The summed E-state index contributed by atoms with van der Waals surface area (Å²) in [6, 6.07) is 14.9. The molecule has 3 aromatic rings. The van der Waals surface area contributed by atoms with Gasteiger partial charge in [0.25, 0.3) is 0 Å². The molecular formula is C25H30FN3O2. The lowest BCUT2D eigenvalue weighted by Crippen LogP contribution is -2.37. The number of methoxy groups -OCH3 is 1. The van der Waals surface area contributed by atoms with Gasteiger partial charge in [-0.25, -0.2) is 9.07 Å². The number of aromatic nitrogens is 2. The first-order chi connectivity index (χ1) is 15.1. The fraction of sp³-hybridized carbons (Fsp3) is 0.400. The molecule has 164 valence electrons. The van der Waals surface area contributed by atoms with E-state index in [2.05, 4.69) is 30.2 Å². The summed E-state index contributed by atoms with van der Waals surface area (Å²) in [5.74, 6) is -0.248. The minimum atomic E-state index is -0.248.